The van der Waals surface area contributed by atoms with Gasteiger partial charge in [-0.1, -0.05) is 23.2 Å². The van der Waals surface area contributed by atoms with Crippen LogP contribution in [0.2, 0.25) is 5.02 Å². The van der Waals surface area contributed by atoms with Gasteiger partial charge in [0, 0.05) is 27.6 Å². The number of hydrogen-bond acceptors (Lipinski definition) is 4. The lowest BCUT2D eigenvalue weighted by atomic mass is 9.97. The Morgan fingerprint density at radius 2 is 1.91 bits per heavy atom. The molecule has 0 fully saturated rings. The van der Waals surface area contributed by atoms with E-state index < -0.39 is 17.8 Å². The number of ether oxygens (including phenoxy) is 1. The largest absolute Gasteiger partial charge is 0.482 e. The first-order valence-electron chi connectivity index (χ1n) is 7.21. The molecule has 0 unspecified atom stereocenters. The van der Waals surface area contributed by atoms with Gasteiger partial charge in [0.1, 0.15) is 17.4 Å². The van der Waals surface area contributed by atoms with Crippen molar-refractivity contribution in [3.05, 3.63) is 74.6 Å². The molecule has 2 atom stereocenters. The maximum Gasteiger partial charge on any atom is 0.336 e. The number of rotatable bonds is 1. The van der Waals surface area contributed by atoms with E-state index in [1.165, 1.54) is 6.07 Å². The van der Waals surface area contributed by atoms with Gasteiger partial charge < -0.3 is 14.3 Å². The third-order valence-electron chi connectivity index (χ3n) is 4.07. The maximum absolute atomic E-state index is 11.9. The lowest BCUT2D eigenvalue weighted by Crippen LogP contribution is -2.13. The van der Waals surface area contributed by atoms with E-state index in [4.69, 9.17) is 20.8 Å². The van der Waals surface area contributed by atoms with Crippen LogP contribution in [0.4, 0.5) is 0 Å². The fraction of sp³-hybridized carbons (Fsp3) is 0.167. The molecule has 0 amide bonds. The Hall–Kier alpha value is -2.30. The molecule has 1 aliphatic rings. The first-order valence-corrected chi connectivity index (χ1v) is 7.59. The Balaban J connectivity index is 1.91. The minimum Gasteiger partial charge on any atom is -0.482 e. The zero-order chi connectivity index (χ0) is 16.1. The summed E-state index contributed by atoms with van der Waals surface area (Å²) in [5.74, 6) is 0.570. The molecule has 0 saturated heterocycles. The second-order valence-electron chi connectivity index (χ2n) is 5.69. The molecule has 1 N–H and O–H groups in total. The molecule has 0 spiro atoms. The first kappa shape index (κ1) is 14.3. The molecule has 0 radical (unpaired) electrons. The zero-order valence-electron chi connectivity index (χ0n) is 12.2. The van der Waals surface area contributed by atoms with Gasteiger partial charge in [0.15, 0.2) is 6.10 Å². The van der Waals surface area contributed by atoms with Gasteiger partial charge in [-0.15, -0.1) is 0 Å². The van der Waals surface area contributed by atoms with Gasteiger partial charge in [-0.25, -0.2) is 4.79 Å². The molecule has 116 valence electrons. The minimum atomic E-state index is -0.894. The molecule has 1 aromatic heterocycles. The Morgan fingerprint density at radius 1 is 1.09 bits per heavy atom. The number of halogens is 1. The van der Waals surface area contributed by atoms with Crippen LogP contribution in [0.3, 0.4) is 0 Å². The van der Waals surface area contributed by atoms with E-state index in [1.54, 1.807) is 24.3 Å². The third-order valence-corrected chi connectivity index (χ3v) is 4.30. The van der Waals surface area contributed by atoms with Crippen molar-refractivity contribution >= 4 is 22.6 Å². The van der Waals surface area contributed by atoms with Crippen LogP contribution in [-0.2, 0) is 0 Å². The van der Waals surface area contributed by atoms with E-state index in [2.05, 4.69) is 0 Å². The Morgan fingerprint density at radius 3 is 2.74 bits per heavy atom. The maximum atomic E-state index is 11.9. The summed E-state index contributed by atoms with van der Waals surface area (Å²) in [7, 11) is 0. The van der Waals surface area contributed by atoms with Crippen LogP contribution >= 0.6 is 11.6 Å². The normalized spacial score (nSPS) is 19.6. The highest BCUT2D eigenvalue weighted by molar-refractivity contribution is 6.30. The highest BCUT2D eigenvalue weighted by Gasteiger charge is 2.35. The van der Waals surface area contributed by atoms with Crippen molar-refractivity contribution < 1.29 is 14.3 Å². The number of benzene rings is 2. The highest BCUT2D eigenvalue weighted by Crippen LogP contribution is 2.46. The SMILES string of the molecule is Cc1ccc2oc(=O)cc([C@@H]3Oc4ccc(Cl)cc4[C@@H]3O)c2c1. The van der Waals surface area contributed by atoms with E-state index >= 15 is 0 Å². The van der Waals surface area contributed by atoms with Crippen LogP contribution in [0.25, 0.3) is 11.0 Å². The molecule has 0 saturated carbocycles. The Bertz CT molecular complexity index is 976. The summed E-state index contributed by atoms with van der Waals surface area (Å²) in [6.45, 7) is 1.95. The topological polar surface area (TPSA) is 59.7 Å². The summed E-state index contributed by atoms with van der Waals surface area (Å²) in [5.41, 5.74) is 2.26. The number of fused-ring (bicyclic) bond motifs is 2. The molecular weight excluding hydrogens is 316 g/mol. The quantitative estimate of drug-likeness (QED) is 0.688. The van der Waals surface area contributed by atoms with E-state index in [0.717, 1.165) is 10.9 Å². The zero-order valence-corrected chi connectivity index (χ0v) is 13.0. The average molecular weight is 329 g/mol. The fourth-order valence-electron chi connectivity index (χ4n) is 2.99. The predicted molar refractivity (Wildman–Crippen MR) is 87.0 cm³/mol. The van der Waals surface area contributed by atoms with E-state index in [0.29, 0.717) is 27.5 Å². The molecule has 4 rings (SSSR count). The summed E-state index contributed by atoms with van der Waals surface area (Å²) < 4.78 is 11.1. The Labute approximate surface area is 136 Å². The van der Waals surface area contributed by atoms with Crippen LogP contribution in [0, 0.1) is 6.92 Å². The van der Waals surface area contributed by atoms with Crippen LogP contribution in [0.15, 0.2) is 51.7 Å². The molecular formula is C18H13ClO4. The van der Waals surface area contributed by atoms with E-state index in [1.807, 2.05) is 19.1 Å². The fourth-order valence-corrected chi connectivity index (χ4v) is 3.17. The van der Waals surface area contributed by atoms with Gasteiger partial charge in [0.2, 0.25) is 0 Å². The summed E-state index contributed by atoms with van der Waals surface area (Å²) in [6.07, 6.45) is -1.56. The summed E-state index contributed by atoms with van der Waals surface area (Å²) in [6, 6.07) is 12.0. The van der Waals surface area contributed by atoms with Gasteiger partial charge in [-0.2, -0.15) is 0 Å². The summed E-state index contributed by atoms with van der Waals surface area (Å²) in [5, 5.41) is 11.9. The third kappa shape index (κ3) is 2.31. The lowest BCUT2D eigenvalue weighted by Gasteiger charge is -2.16. The minimum absolute atomic E-state index is 0.471. The van der Waals surface area contributed by atoms with Gasteiger partial charge in [0.25, 0.3) is 0 Å². The number of hydrogen-bond donors (Lipinski definition) is 1. The smallest absolute Gasteiger partial charge is 0.336 e. The van der Waals surface area contributed by atoms with Crippen molar-refractivity contribution in [1.29, 1.82) is 0 Å². The van der Waals surface area contributed by atoms with Crippen molar-refractivity contribution in [3.8, 4) is 5.75 Å². The second-order valence-corrected chi connectivity index (χ2v) is 6.12. The van der Waals surface area contributed by atoms with E-state index in [-0.39, 0.29) is 0 Å². The summed E-state index contributed by atoms with van der Waals surface area (Å²) >= 11 is 5.99. The molecule has 0 bridgehead atoms. The molecule has 5 heteroatoms. The second kappa shape index (κ2) is 5.11. The first-order chi connectivity index (χ1) is 11.0. The molecule has 23 heavy (non-hydrogen) atoms. The molecule has 3 aromatic rings. The van der Waals surface area contributed by atoms with Crippen LogP contribution in [0.1, 0.15) is 28.9 Å². The predicted octanol–water partition coefficient (Wildman–Crippen LogP) is 3.92. The summed E-state index contributed by atoms with van der Waals surface area (Å²) in [4.78, 5) is 11.9. The highest BCUT2D eigenvalue weighted by atomic mass is 35.5. The number of aliphatic hydroxyl groups excluding tert-OH is 1. The molecule has 2 aromatic carbocycles. The van der Waals surface area contributed by atoms with Gasteiger partial charge >= 0.3 is 5.63 Å². The molecule has 0 aliphatic carbocycles. The molecule has 4 nitrogen and oxygen atoms in total. The molecule has 1 aliphatic heterocycles. The van der Waals surface area contributed by atoms with E-state index in [9.17, 15) is 9.90 Å². The average Bonchev–Trinajstić information content (AvgIpc) is 2.84. The van der Waals surface area contributed by atoms with Gasteiger partial charge in [-0.05, 0) is 37.3 Å². The standard InChI is InChI=1S/C18H13ClO4/c1-9-2-4-14-11(6-9)12(8-16(20)22-14)18-17(21)13-7-10(19)3-5-15(13)23-18/h2-8,17-18,21H,1H3/t17-,18-/m0/s1. The lowest BCUT2D eigenvalue weighted by molar-refractivity contribution is 0.0680. The van der Waals surface area contributed by atoms with Gasteiger partial charge in [0.05, 0.1) is 0 Å². The van der Waals surface area contributed by atoms with Crippen molar-refractivity contribution in [2.75, 3.05) is 0 Å². The van der Waals surface area contributed by atoms with Crippen LogP contribution < -0.4 is 10.4 Å². The molecule has 2 heterocycles. The van der Waals surface area contributed by atoms with Crippen molar-refractivity contribution in [2.45, 2.75) is 19.1 Å². The number of aliphatic hydroxyl groups is 1. The number of aryl methyl sites for hydroxylation is 1. The Kier molecular flexibility index (Phi) is 3.18. The van der Waals surface area contributed by atoms with Crippen molar-refractivity contribution in [2.24, 2.45) is 0 Å². The van der Waals surface area contributed by atoms with Crippen molar-refractivity contribution in [3.63, 3.8) is 0 Å². The monoisotopic (exact) mass is 328 g/mol. The van der Waals surface area contributed by atoms with Crippen molar-refractivity contribution in [1.82, 2.24) is 0 Å². The van der Waals surface area contributed by atoms with Crippen LogP contribution in [0.5, 0.6) is 5.75 Å². The van der Waals surface area contributed by atoms with Gasteiger partial charge in [-0.3, -0.25) is 0 Å². The van der Waals surface area contributed by atoms with Crippen LogP contribution in [-0.4, -0.2) is 5.11 Å².